The summed E-state index contributed by atoms with van der Waals surface area (Å²) in [6, 6.07) is 4.16. The van der Waals surface area contributed by atoms with Crippen molar-refractivity contribution in [3.63, 3.8) is 0 Å². The zero-order valence-corrected chi connectivity index (χ0v) is 13.7. The van der Waals surface area contributed by atoms with Gasteiger partial charge in [-0.15, -0.1) is 0 Å². The number of nitrogens with zero attached hydrogens (tertiary/aromatic N) is 1. The Morgan fingerprint density at radius 1 is 1.52 bits per heavy atom. The number of ether oxygens (including phenoxy) is 2. The van der Waals surface area contributed by atoms with E-state index in [4.69, 9.17) is 9.47 Å². The minimum absolute atomic E-state index is 0.0128. The molecule has 0 saturated carbocycles. The minimum atomic E-state index is -0.692. The molecule has 3 atom stereocenters. The number of anilines is 1. The third-order valence-corrected chi connectivity index (χ3v) is 4.09. The van der Waals surface area contributed by atoms with Gasteiger partial charge in [-0.2, -0.15) is 0 Å². The standard InChI is InChI=1S/C16H20FN3O5/c1-9(21)19-5-11-8-20(16(23)24-11)10-2-3-14(12(17)4-10)25-15-7-18-6-13(15)22/h2-4,11,13,15,18,22H,5-8H2,1H3,(H,19,21)/t11-,13-,15-/m0/s1. The second kappa shape index (κ2) is 7.24. The van der Waals surface area contributed by atoms with Crippen LogP contribution in [-0.2, 0) is 9.53 Å². The zero-order valence-electron chi connectivity index (χ0n) is 13.7. The Balaban J connectivity index is 1.66. The van der Waals surface area contributed by atoms with Crippen LogP contribution in [0.4, 0.5) is 14.9 Å². The van der Waals surface area contributed by atoms with Crippen LogP contribution < -0.4 is 20.3 Å². The van der Waals surface area contributed by atoms with Gasteiger partial charge in [0.25, 0.3) is 0 Å². The first-order valence-corrected chi connectivity index (χ1v) is 8.01. The van der Waals surface area contributed by atoms with Crippen LogP contribution in [0.15, 0.2) is 18.2 Å². The van der Waals surface area contributed by atoms with E-state index < -0.39 is 30.2 Å². The quantitative estimate of drug-likeness (QED) is 0.689. The first kappa shape index (κ1) is 17.4. The number of carbonyl (C=O) groups is 2. The Hall–Kier alpha value is -2.39. The molecule has 2 aliphatic rings. The SMILES string of the molecule is CC(=O)NC[C@H]1CN(c2ccc(O[C@H]3CNC[C@@H]3O)c(F)c2)C(=O)O1. The van der Waals surface area contributed by atoms with E-state index in [-0.39, 0.29) is 24.7 Å². The molecule has 3 N–H and O–H groups in total. The second-order valence-electron chi connectivity index (χ2n) is 6.05. The molecule has 2 heterocycles. The number of β-amino-alcohol motifs (C(OH)–C–C–N with tert-alkyl or cyclic N) is 1. The molecular weight excluding hydrogens is 333 g/mol. The summed E-state index contributed by atoms with van der Waals surface area (Å²) < 4.78 is 24.9. The number of amides is 2. The van der Waals surface area contributed by atoms with Gasteiger partial charge in [-0.3, -0.25) is 9.69 Å². The Labute approximate surface area is 143 Å². The molecule has 8 nitrogen and oxygen atoms in total. The van der Waals surface area contributed by atoms with Crippen molar-refractivity contribution < 1.29 is 28.6 Å². The monoisotopic (exact) mass is 353 g/mol. The summed E-state index contributed by atoms with van der Waals surface area (Å²) in [5.74, 6) is -0.834. The highest BCUT2D eigenvalue weighted by molar-refractivity contribution is 5.89. The average Bonchev–Trinajstić information content (AvgIpc) is 3.13. The summed E-state index contributed by atoms with van der Waals surface area (Å²) in [6.45, 7) is 2.63. The maximum atomic E-state index is 14.3. The predicted molar refractivity (Wildman–Crippen MR) is 86.0 cm³/mol. The largest absolute Gasteiger partial charge is 0.483 e. The molecule has 0 aliphatic carbocycles. The molecule has 3 rings (SSSR count). The highest BCUT2D eigenvalue weighted by Gasteiger charge is 2.33. The molecule has 2 saturated heterocycles. The number of cyclic esters (lactones) is 1. The van der Waals surface area contributed by atoms with Crippen LogP contribution in [0, 0.1) is 5.82 Å². The highest BCUT2D eigenvalue weighted by atomic mass is 19.1. The number of rotatable bonds is 5. The van der Waals surface area contributed by atoms with Crippen molar-refractivity contribution in [2.24, 2.45) is 0 Å². The minimum Gasteiger partial charge on any atom is -0.483 e. The third-order valence-electron chi connectivity index (χ3n) is 4.09. The average molecular weight is 353 g/mol. The van der Waals surface area contributed by atoms with Crippen LogP contribution in [0.25, 0.3) is 0 Å². The fraction of sp³-hybridized carbons (Fsp3) is 0.500. The van der Waals surface area contributed by atoms with E-state index in [2.05, 4.69) is 10.6 Å². The lowest BCUT2D eigenvalue weighted by Gasteiger charge is -2.18. The van der Waals surface area contributed by atoms with Gasteiger partial charge in [-0.25, -0.2) is 9.18 Å². The first-order chi connectivity index (χ1) is 11.9. The molecule has 25 heavy (non-hydrogen) atoms. The number of benzene rings is 1. The van der Waals surface area contributed by atoms with Crippen molar-refractivity contribution in [3.8, 4) is 5.75 Å². The molecule has 1 aromatic carbocycles. The molecule has 2 fully saturated rings. The van der Waals surface area contributed by atoms with Gasteiger partial charge in [0, 0.05) is 26.1 Å². The fourth-order valence-electron chi connectivity index (χ4n) is 2.77. The van der Waals surface area contributed by atoms with Gasteiger partial charge in [0.15, 0.2) is 11.6 Å². The normalized spacial score (nSPS) is 25.8. The smallest absolute Gasteiger partial charge is 0.414 e. The van der Waals surface area contributed by atoms with E-state index in [1.54, 1.807) is 6.07 Å². The van der Waals surface area contributed by atoms with Gasteiger partial charge in [-0.05, 0) is 12.1 Å². The summed E-state index contributed by atoms with van der Waals surface area (Å²) in [6.07, 6.45) is -2.30. The number of carbonyl (C=O) groups excluding carboxylic acids is 2. The molecule has 0 spiro atoms. The number of nitrogens with one attached hydrogen (secondary N) is 2. The summed E-state index contributed by atoms with van der Waals surface area (Å²) in [7, 11) is 0. The van der Waals surface area contributed by atoms with Crippen LogP contribution in [0.5, 0.6) is 5.75 Å². The van der Waals surface area contributed by atoms with Crippen LogP contribution >= 0.6 is 0 Å². The van der Waals surface area contributed by atoms with Crippen molar-refractivity contribution in [2.45, 2.75) is 25.2 Å². The number of hydrogen-bond donors (Lipinski definition) is 3. The Morgan fingerprint density at radius 2 is 2.32 bits per heavy atom. The summed E-state index contributed by atoms with van der Waals surface area (Å²) in [4.78, 5) is 24.2. The van der Waals surface area contributed by atoms with Crippen molar-refractivity contribution in [3.05, 3.63) is 24.0 Å². The van der Waals surface area contributed by atoms with Gasteiger partial charge in [0.1, 0.15) is 18.3 Å². The molecule has 1 aromatic rings. The van der Waals surface area contributed by atoms with E-state index in [1.165, 1.54) is 24.0 Å². The number of aliphatic hydroxyl groups is 1. The van der Waals surface area contributed by atoms with Crippen LogP contribution in [0.3, 0.4) is 0 Å². The molecule has 9 heteroatoms. The molecule has 0 aromatic heterocycles. The fourth-order valence-corrected chi connectivity index (χ4v) is 2.77. The second-order valence-corrected chi connectivity index (χ2v) is 6.05. The van der Waals surface area contributed by atoms with Crippen LogP contribution in [-0.4, -0.2) is 61.6 Å². The van der Waals surface area contributed by atoms with Gasteiger partial charge in [-0.1, -0.05) is 0 Å². The van der Waals surface area contributed by atoms with E-state index in [0.717, 1.165) is 0 Å². The van der Waals surface area contributed by atoms with E-state index >= 15 is 0 Å². The van der Waals surface area contributed by atoms with Gasteiger partial charge in [0.2, 0.25) is 5.91 Å². The lowest BCUT2D eigenvalue weighted by molar-refractivity contribution is -0.119. The first-order valence-electron chi connectivity index (χ1n) is 8.01. The van der Waals surface area contributed by atoms with Gasteiger partial charge in [0.05, 0.1) is 18.8 Å². The molecular formula is C16H20FN3O5. The van der Waals surface area contributed by atoms with Gasteiger partial charge >= 0.3 is 6.09 Å². The van der Waals surface area contributed by atoms with Crippen molar-refractivity contribution in [2.75, 3.05) is 31.1 Å². The Bertz CT molecular complexity index is 671. The van der Waals surface area contributed by atoms with E-state index in [1.807, 2.05) is 0 Å². The van der Waals surface area contributed by atoms with Crippen LogP contribution in [0.1, 0.15) is 6.92 Å². The molecule has 2 aliphatic heterocycles. The maximum Gasteiger partial charge on any atom is 0.414 e. The zero-order chi connectivity index (χ0) is 18.0. The van der Waals surface area contributed by atoms with Crippen molar-refractivity contribution in [1.82, 2.24) is 10.6 Å². The molecule has 2 amide bonds. The van der Waals surface area contributed by atoms with E-state index in [9.17, 15) is 19.1 Å². The molecule has 0 unspecified atom stereocenters. The number of aliphatic hydroxyl groups excluding tert-OH is 1. The summed E-state index contributed by atoms with van der Waals surface area (Å²) in [5, 5.41) is 15.2. The van der Waals surface area contributed by atoms with E-state index in [0.29, 0.717) is 18.8 Å². The lowest BCUT2D eigenvalue weighted by atomic mass is 10.2. The number of halogens is 1. The molecule has 136 valence electrons. The Kier molecular flexibility index (Phi) is 5.05. The van der Waals surface area contributed by atoms with Crippen molar-refractivity contribution in [1.29, 1.82) is 0 Å². The topological polar surface area (TPSA) is 100 Å². The molecule has 0 radical (unpaired) electrons. The summed E-state index contributed by atoms with van der Waals surface area (Å²) >= 11 is 0. The van der Waals surface area contributed by atoms with Gasteiger partial charge < -0.3 is 25.2 Å². The Morgan fingerprint density at radius 3 is 2.96 bits per heavy atom. The van der Waals surface area contributed by atoms with Crippen molar-refractivity contribution >= 4 is 17.7 Å². The maximum absolute atomic E-state index is 14.3. The molecule has 0 bridgehead atoms. The third kappa shape index (κ3) is 3.99. The highest BCUT2D eigenvalue weighted by Crippen LogP contribution is 2.28. The predicted octanol–water partition coefficient (Wildman–Crippen LogP) is -0.00150. The number of hydrogen-bond acceptors (Lipinski definition) is 6. The lowest BCUT2D eigenvalue weighted by Crippen LogP contribution is -2.33. The summed E-state index contributed by atoms with van der Waals surface area (Å²) in [5.41, 5.74) is 0.338. The van der Waals surface area contributed by atoms with Crippen LogP contribution in [0.2, 0.25) is 0 Å².